The largest absolute Gasteiger partial charge is 0.417 e. The molecule has 1 unspecified atom stereocenters. The summed E-state index contributed by atoms with van der Waals surface area (Å²) in [6, 6.07) is 7.04. The Bertz CT molecular complexity index is 923. The Morgan fingerprint density at radius 2 is 1.33 bits per heavy atom. The molecule has 0 aliphatic heterocycles. The Morgan fingerprint density at radius 3 is 1.77 bits per heavy atom. The molecule has 2 aromatic rings. The summed E-state index contributed by atoms with van der Waals surface area (Å²) in [5.74, 6) is -4.69. The topological polar surface area (TPSA) is 89.3 Å². The minimum absolute atomic E-state index is 0.312. The quantitative estimate of drug-likeness (QED) is 0.543. The van der Waals surface area contributed by atoms with E-state index in [0.29, 0.717) is 23.8 Å². The van der Waals surface area contributed by atoms with Gasteiger partial charge in [-0.05, 0) is 17.7 Å². The summed E-state index contributed by atoms with van der Waals surface area (Å²) < 4.78 is 79.6. The van der Waals surface area contributed by atoms with Gasteiger partial charge in [-0.3, -0.25) is 14.4 Å². The van der Waals surface area contributed by atoms with Crippen LogP contribution in [-0.2, 0) is 28.4 Å². The zero-order chi connectivity index (χ0) is 22.7. The van der Waals surface area contributed by atoms with Crippen molar-refractivity contribution < 1.29 is 40.7 Å². The highest BCUT2D eigenvalue weighted by molar-refractivity contribution is 6.38. The van der Waals surface area contributed by atoms with E-state index in [9.17, 15) is 40.7 Å². The molecule has 160 valence electrons. The molecule has 0 aliphatic rings. The average molecular weight is 432 g/mol. The molecular weight excluding hydrogens is 418 g/mol. The Kier molecular flexibility index (Phi) is 6.53. The second kappa shape index (κ2) is 8.56. The minimum atomic E-state index is -5.28. The van der Waals surface area contributed by atoms with E-state index in [4.69, 9.17) is 5.73 Å². The Hall–Kier alpha value is -3.37. The van der Waals surface area contributed by atoms with Crippen molar-refractivity contribution in [2.24, 2.45) is 5.73 Å². The molecule has 2 rings (SSSR count). The molecule has 0 heterocycles. The summed E-state index contributed by atoms with van der Waals surface area (Å²) in [6.07, 6.45) is -10.9. The van der Waals surface area contributed by atoms with Crippen molar-refractivity contribution >= 4 is 17.6 Å². The molecule has 11 heteroatoms. The smallest absolute Gasteiger partial charge is 0.363 e. The summed E-state index contributed by atoms with van der Waals surface area (Å²) in [5.41, 5.74) is -0.0780. The molecule has 0 spiro atoms. The maximum Gasteiger partial charge on any atom is 0.417 e. The number of rotatable bonds is 6. The van der Waals surface area contributed by atoms with Gasteiger partial charge in [-0.25, -0.2) is 0 Å². The molecule has 0 saturated heterocycles. The molecule has 0 aliphatic carbocycles. The summed E-state index contributed by atoms with van der Waals surface area (Å²) in [5, 5.41) is 1.80. The molecule has 0 fully saturated rings. The lowest BCUT2D eigenvalue weighted by Crippen LogP contribution is -2.48. The second-order valence-electron chi connectivity index (χ2n) is 6.17. The zero-order valence-electron chi connectivity index (χ0n) is 15.0. The predicted octanol–water partition coefficient (Wildman–Crippen LogP) is 3.12. The SMILES string of the molecule is NC(=O)C(=O)C(Cc1ccccc1)NC(=O)c1c(C(F)(F)F)cccc1C(F)(F)F. The predicted molar refractivity (Wildman–Crippen MR) is 92.0 cm³/mol. The summed E-state index contributed by atoms with van der Waals surface area (Å²) in [4.78, 5) is 35.8. The number of ketones is 1. The van der Waals surface area contributed by atoms with Gasteiger partial charge in [0.05, 0.1) is 16.7 Å². The van der Waals surface area contributed by atoms with E-state index in [1.807, 2.05) is 0 Å². The molecule has 30 heavy (non-hydrogen) atoms. The Morgan fingerprint density at radius 1 is 0.833 bits per heavy atom. The van der Waals surface area contributed by atoms with Crippen molar-refractivity contribution in [2.45, 2.75) is 24.8 Å². The number of primary amides is 1. The minimum Gasteiger partial charge on any atom is -0.363 e. The average Bonchev–Trinajstić information content (AvgIpc) is 2.65. The molecule has 0 bridgehead atoms. The zero-order valence-corrected chi connectivity index (χ0v) is 15.0. The fourth-order valence-electron chi connectivity index (χ4n) is 2.73. The molecule has 2 aromatic carbocycles. The van der Waals surface area contributed by atoms with Gasteiger partial charge in [0, 0.05) is 6.42 Å². The maximum absolute atomic E-state index is 13.3. The molecular formula is C19H14F6N2O3. The number of nitrogens with one attached hydrogen (secondary N) is 1. The van der Waals surface area contributed by atoms with E-state index >= 15 is 0 Å². The third-order valence-corrected chi connectivity index (χ3v) is 4.05. The van der Waals surface area contributed by atoms with Gasteiger partial charge in [-0.2, -0.15) is 26.3 Å². The first-order valence-electron chi connectivity index (χ1n) is 8.28. The third-order valence-electron chi connectivity index (χ3n) is 4.05. The first-order chi connectivity index (χ1) is 13.8. The van der Waals surface area contributed by atoms with Crippen LogP contribution < -0.4 is 11.1 Å². The number of hydrogen-bond donors (Lipinski definition) is 2. The van der Waals surface area contributed by atoms with Gasteiger partial charge in [0.2, 0.25) is 5.78 Å². The first-order valence-corrected chi connectivity index (χ1v) is 8.28. The van der Waals surface area contributed by atoms with Crippen LogP contribution in [0.2, 0.25) is 0 Å². The lowest BCUT2D eigenvalue weighted by Gasteiger charge is -2.21. The Balaban J connectivity index is 2.51. The van der Waals surface area contributed by atoms with Crippen LogP contribution in [0.3, 0.4) is 0 Å². The van der Waals surface area contributed by atoms with Gasteiger partial charge in [0.25, 0.3) is 11.8 Å². The van der Waals surface area contributed by atoms with E-state index in [1.165, 1.54) is 12.1 Å². The molecule has 1 atom stereocenters. The normalized spacial score (nSPS) is 12.9. The number of alkyl halides is 6. The van der Waals surface area contributed by atoms with Crippen molar-refractivity contribution in [3.05, 3.63) is 70.8 Å². The van der Waals surface area contributed by atoms with E-state index < -0.39 is 52.7 Å². The van der Waals surface area contributed by atoms with Crippen LogP contribution in [0.4, 0.5) is 26.3 Å². The molecule has 3 N–H and O–H groups in total. The fraction of sp³-hybridized carbons (Fsp3) is 0.211. The highest BCUT2D eigenvalue weighted by Crippen LogP contribution is 2.39. The Labute approximate surface area is 165 Å². The van der Waals surface area contributed by atoms with Crippen LogP contribution in [-0.4, -0.2) is 23.6 Å². The first kappa shape index (κ1) is 22.9. The third kappa shape index (κ3) is 5.37. The van der Waals surface area contributed by atoms with Gasteiger partial charge < -0.3 is 11.1 Å². The fourth-order valence-corrected chi connectivity index (χ4v) is 2.73. The van der Waals surface area contributed by atoms with E-state index in [-0.39, 0.29) is 6.42 Å². The van der Waals surface area contributed by atoms with Gasteiger partial charge in [0.1, 0.15) is 6.04 Å². The second-order valence-corrected chi connectivity index (χ2v) is 6.17. The lowest BCUT2D eigenvalue weighted by molar-refractivity contribution is -0.143. The number of Topliss-reactive ketones (excluding diaryl/α,β-unsaturated/α-hetero) is 1. The van der Waals surface area contributed by atoms with Crippen molar-refractivity contribution in [2.75, 3.05) is 0 Å². The molecule has 0 radical (unpaired) electrons. The number of nitrogens with two attached hydrogens (primary N) is 1. The van der Waals surface area contributed by atoms with Crippen LogP contribution >= 0.6 is 0 Å². The van der Waals surface area contributed by atoms with Crippen molar-refractivity contribution in [3.8, 4) is 0 Å². The van der Waals surface area contributed by atoms with Crippen molar-refractivity contribution in [3.63, 3.8) is 0 Å². The van der Waals surface area contributed by atoms with Crippen LogP contribution in [0.25, 0.3) is 0 Å². The maximum atomic E-state index is 13.3. The van der Waals surface area contributed by atoms with E-state index in [0.717, 1.165) is 0 Å². The number of benzene rings is 2. The van der Waals surface area contributed by atoms with Gasteiger partial charge >= 0.3 is 12.4 Å². The summed E-state index contributed by atoms with van der Waals surface area (Å²) >= 11 is 0. The number of hydrogen-bond acceptors (Lipinski definition) is 3. The van der Waals surface area contributed by atoms with Gasteiger partial charge in [-0.1, -0.05) is 36.4 Å². The number of carbonyl (C=O) groups excluding carboxylic acids is 3. The van der Waals surface area contributed by atoms with Crippen LogP contribution in [0.5, 0.6) is 0 Å². The summed E-state index contributed by atoms with van der Waals surface area (Å²) in [6.45, 7) is 0. The molecule has 2 amide bonds. The number of amides is 2. The summed E-state index contributed by atoms with van der Waals surface area (Å²) in [7, 11) is 0. The van der Waals surface area contributed by atoms with Gasteiger partial charge in [0.15, 0.2) is 0 Å². The highest BCUT2D eigenvalue weighted by Gasteiger charge is 2.43. The van der Waals surface area contributed by atoms with Crippen molar-refractivity contribution in [1.82, 2.24) is 5.32 Å². The standard InChI is InChI=1S/C19H14F6N2O3/c20-18(21,22)11-7-4-8-12(19(23,24)25)14(11)17(30)27-13(15(28)16(26)29)9-10-5-2-1-3-6-10/h1-8,13H,9H2,(H2,26,29)(H,27,30). The van der Waals surface area contributed by atoms with E-state index in [2.05, 4.69) is 0 Å². The van der Waals surface area contributed by atoms with Crippen LogP contribution in [0.15, 0.2) is 48.5 Å². The molecule has 5 nitrogen and oxygen atoms in total. The highest BCUT2D eigenvalue weighted by atomic mass is 19.4. The number of carbonyl (C=O) groups is 3. The van der Waals surface area contributed by atoms with Gasteiger partial charge in [-0.15, -0.1) is 0 Å². The van der Waals surface area contributed by atoms with Crippen LogP contribution in [0.1, 0.15) is 27.0 Å². The number of halogens is 6. The monoisotopic (exact) mass is 432 g/mol. The lowest BCUT2D eigenvalue weighted by atomic mass is 9.97. The molecule has 0 aromatic heterocycles. The van der Waals surface area contributed by atoms with Crippen molar-refractivity contribution in [1.29, 1.82) is 0 Å². The van der Waals surface area contributed by atoms with Crippen LogP contribution in [0, 0.1) is 0 Å². The molecule has 0 saturated carbocycles. The van der Waals surface area contributed by atoms with E-state index in [1.54, 1.807) is 23.5 Å².